The summed E-state index contributed by atoms with van der Waals surface area (Å²) in [5.74, 6) is 0.150. The molecule has 3 aromatic rings. The first-order valence-corrected chi connectivity index (χ1v) is 8.20. The van der Waals surface area contributed by atoms with Crippen molar-refractivity contribution in [3.63, 3.8) is 0 Å². The second-order valence-electron chi connectivity index (χ2n) is 5.72. The number of nitrogens with one attached hydrogen (secondary N) is 2. The summed E-state index contributed by atoms with van der Waals surface area (Å²) in [6, 6.07) is 12.3. The Morgan fingerprint density at radius 1 is 1.12 bits per heavy atom. The van der Waals surface area contributed by atoms with Gasteiger partial charge in [0.1, 0.15) is 12.1 Å². The maximum absolute atomic E-state index is 12.9. The van der Waals surface area contributed by atoms with E-state index in [0.717, 1.165) is 16.8 Å². The number of anilines is 2. The predicted molar refractivity (Wildman–Crippen MR) is 101 cm³/mol. The van der Waals surface area contributed by atoms with E-state index in [2.05, 4.69) is 33.7 Å². The van der Waals surface area contributed by atoms with Gasteiger partial charge in [-0.3, -0.25) is 5.32 Å². The van der Waals surface area contributed by atoms with Gasteiger partial charge in [0, 0.05) is 5.69 Å². The Bertz CT molecular complexity index is 889. The summed E-state index contributed by atoms with van der Waals surface area (Å²) in [5.41, 5.74) is 4.22. The third-order valence-corrected chi connectivity index (χ3v) is 4.08. The standard InChI is InChI=1S/C18H18FN5S/c1-12-4-3-5-16(13(12)2)21-18(25)22-17-20-11-24(23-17)10-14-6-8-15(19)9-7-14/h3-9,11H,10H2,1-2H3,(H2,21,22,23,25). The van der Waals surface area contributed by atoms with Crippen LogP contribution in [0.5, 0.6) is 0 Å². The fraction of sp³-hybridized carbons (Fsp3) is 0.167. The number of rotatable bonds is 4. The Balaban J connectivity index is 1.61. The third-order valence-electron chi connectivity index (χ3n) is 3.87. The number of benzene rings is 2. The lowest BCUT2D eigenvalue weighted by Gasteiger charge is -2.12. The van der Waals surface area contributed by atoms with Gasteiger partial charge in [-0.15, -0.1) is 5.10 Å². The van der Waals surface area contributed by atoms with E-state index >= 15 is 0 Å². The largest absolute Gasteiger partial charge is 0.332 e. The van der Waals surface area contributed by atoms with Crippen LogP contribution < -0.4 is 10.6 Å². The zero-order chi connectivity index (χ0) is 17.8. The predicted octanol–water partition coefficient (Wildman–Crippen LogP) is 3.89. The van der Waals surface area contributed by atoms with Gasteiger partial charge >= 0.3 is 0 Å². The van der Waals surface area contributed by atoms with Crippen molar-refractivity contribution in [1.82, 2.24) is 14.8 Å². The number of nitrogens with zero attached hydrogens (tertiary/aromatic N) is 3. The van der Waals surface area contributed by atoms with Crippen LogP contribution in [0.25, 0.3) is 0 Å². The SMILES string of the molecule is Cc1cccc(NC(=S)Nc2ncn(Cc3ccc(F)cc3)n2)c1C. The monoisotopic (exact) mass is 355 g/mol. The Morgan fingerprint density at radius 3 is 2.64 bits per heavy atom. The molecular formula is C18H18FN5S. The van der Waals surface area contributed by atoms with Crippen molar-refractivity contribution in [3.05, 3.63) is 71.3 Å². The highest BCUT2D eigenvalue weighted by Gasteiger charge is 2.06. The van der Waals surface area contributed by atoms with Crippen LogP contribution in [0, 0.1) is 19.7 Å². The molecule has 0 spiro atoms. The van der Waals surface area contributed by atoms with Crippen molar-refractivity contribution in [2.45, 2.75) is 20.4 Å². The maximum atomic E-state index is 12.9. The molecule has 2 aromatic carbocycles. The van der Waals surface area contributed by atoms with E-state index in [-0.39, 0.29) is 5.82 Å². The van der Waals surface area contributed by atoms with Gasteiger partial charge in [0.2, 0.25) is 5.95 Å². The molecular weight excluding hydrogens is 337 g/mol. The fourth-order valence-corrected chi connectivity index (χ4v) is 2.55. The first-order chi connectivity index (χ1) is 12.0. The van der Waals surface area contributed by atoms with Crippen molar-refractivity contribution in [2.75, 3.05) is 10.6 Å². The van der Waals surface area contributed by atoms with Gasteiger partial charge in [-0.1, -0.05) is 24.3 Å². The van der Waals surface area contributed by atoms with Crippen LogP contribution in [-0.2, 0) is 6.54 Å². The van der Waals surface area contributed by atoms with E-state index in [0.29, 0.717) is 17.6 Å². The Kier molecular flexibility index (Phi) is 5.04. The Morgan fingerprint density at radius 2 is 1.88 bits per heavy atom. The highest BCUT2D eigenvalue weighted by atomic mass is 32.1. The summed E-state index contributed by atoms with van der Waals surface area (Å²) in [6.07, 6.45) is 1.60. The third kappa shape index (κ3) is 4.39. The summed E-state index contributed by atoms with van der Waals surface area (Å²) in [5, 5.41) is 10.9. The molecule has 25 heavy (non-hydrogen) atoms. The van der Waals surface area contributed by atoms with Gasteiger partial charge in [-0.05, 0) is 61.0 Å². The van der Waals surface area contributed by atoms with Gasteiger partial charge in [-0.25, -0.2) is 14.1 Å². The van der Waals surface area contributed by atoms with E-state index < -0.39 is 0 Å². The molecule has 1 aromatic heterocycles. The van der Waals surface area contributed by atoms with Crippen LogP contribution in [0.1, 0.15) is 16.7 Å². The average Bonchev–Trinajstić information content (AvgIpc) is 3.01. The first kappa shape index (κ1) is 17.0. The molecule has 128 valence electrons. The number of halogens is 1. The molecule has 0 bridgehead atoms. The zero-order valence-electron chi connectivity index (χ0n) is 14.0. The van der Waals surface area contributed by atoms with E-state index in [4.69, 9.17) is 12.2 Å². The smallest absolute Gasteiger partial charge is 0.248 e. The van der Waals surface area contributed by atoms with E-state index in [1.54, 1.807) is 23.1 Å². The van der Waals surface area contributed by atoms with Gasteiger partial charge in [0.05, 0.1) is 6.54 Å². The van der Waals surface area contributed by atoms with Crippen molar-refractivity contribution in [3.8, 4) is 0 Å². The molecule has 7 heteroatoms. The average molecular weight is 355 g/mol. The molecule has 0 aliphatic rings. The van der Waals surface area contributed by atoms with Crippen LogP contribution in [0.2, 0.25) is 0 Å². The number of thiocarbonyl (C=S) groups is 1. The van der Waals surface area contributed by atoms with E-state index in [9.17, 15) is 4.39 Å². The Hall–Kier alpha value is -2.80. The maximum Gasteiger partial charge on any atom is 0.248 e. The number of hydrogen-bond donors (Lipinski definition) is 2. The topological polar surface area (TPSA) is 54.8 Å². The minimum Gasteiger partial charge on any atom is -0.332 e. The van der Waals surface area contributed by atoms with Crippen LogP contribution >= 0.6 is 12.2 Å². The minimum atomic E-state index is -0.257. The molecule has 0 saturated heterocycles. The first-order valence-electron chi connectivity index (χ1n) is 7.79. The van der Waals surface area contributed by atoms with Gasteiger partial charge in [0.15, 0.2) is 5.11 Å². The zero-order valence-corrected chi connectivity index (χ0v) is 14.8. The van der Waals surface area contributed by atoms with E-state index in [1.807, 2.05) is 19.1 Å². The van der Waals surface area contributed by atoms with Crippen molar-refractivity contribution >= 4 is 29.0 Å². The number of aryl methyl sites for hydroxylation is 1. The van der Waals surface area contributed by atoms with Crippen molar-refractivity contribution in [1.29, 1.82) is 0 Å². The minimum absolute atomic E-state index is 0.257. The lowest BCUT2D eigenvalue weighted by atomic mass is 10.1. The summed E-state index contributed by atoms with van der Waals surface area (Å²) in [7, 11) is 0. The summed E-state index contributed by atoms with van der Waals surface area (Å²) < 4.78 is 14.6. The lowest BCUT2D eigenvalue weighted by molar-refractivity contribution is 0.624. The summed E-state index contributed by atoms with van der Waals surface area (Å²) in [4.78, 5) is 4.19. The number of aromatic nitrogens is 3. The van der Waals surface area contributed by atoms with Crippen molar-refractivity contribution in [2.24, 2.45) is 0 Å². The van der Waals surface area contributed by atoms with Crippen molar-refractivity contribution < 1.29 is 4.39 Å². The molecule has 0 unspecified atom stereocenters. The molecule has 3 rings (SSSR count). The van der Waals surface area contributed by atoms with Gasteiger partial charge < -0.3 is 5.32 Å². The van der Waals surface area contributed by atoms with Crippen LogP contribution in [0.3, 0.4) is 0 Å². The summed E-state index contributed by atoms with van der Waals surface area (Å²) >= 11 is 5.32. The second kappa shape index (κ2) is 7.40. The van der Waals surface area contributed by atoms with Crippen LogP contribution in [-0.4, -0.2) is 19.9 Å². The molecule has 0 aliphatic heterocycles. The molecule has 2 N–H and O–H groups in total. The number of hydrogen-bond acceptors (Lipinski definition) is 3. The highest BCUT2D eigenvalue weighted by molar-refractivity contribution is 7.80. The summed E-state index contributed by atoms with van der Waals surface area (Å²) in [6.45, 7) is 4.59. The quantitative estimate of drug-likeness (QED) is 0.696. The highest BCUT2D eigenvalue weighted by Crippen LogP contribution is 2.18. The molecule has 0 aliphatic carbocycles. The normalized spacial score (nSPS) is 10.5. The van der Waals surface area contributed by atoms with Crippen LogP contribution in [0.15, 0.2) is 48.8 Å². The van der Waals surface area contributed by atoms with Crippen LogP contribution in [0.4, 0.5) is 16.0 Å². The lowest BCUT2D eigenvalue weighted by Crippen LogP contribution is -2.20. The molecule has 0 radical (unpaired) electrons. The molecule has 0 atom stereocenters. The molecule has 0 amide bonds. The molecule has 0 fully saturated rings. The molecule has 0 saturated carbocycles. The van der Waals surface area contributed by atoms with E-state index in [1.165, 1.54) is 17.7 Å². The Labute approximate surface area is 150 Å². The molecule has 1 heterocycles. The fourth-order valence-electron chi connectivity index (χ4n) is 2.35. The van der Waals surface area contributed by atoms with Gasteiger partial charge in [-0.2, -0.15) is 0 Å². The second-order valence-corrected chi connectivity index (χ2v) is 6.13. The van der Waals surface area contributed by atoms with Gasteiger partial charge in [0.25, 0.3) is 0 Å². The molecule has 5 nitrogen and oxygen atoms in total.